The van der Waals surface area contributed by atoms with Crippen molar-refractivity contribution in [3.63, 3.8) is 0 Å². The number of rotatable bonds is 8. The maximum Gasteiger partial charge on any atom is 0.303 e. The van der Waals surface area contributed by atoms with Gasteiger partial charge >= 0.3 is 5.97 Å². The summed E-state index contributed by atoms with van der Waals surface area (Å²) in [5.41, 5.74) is 1.54. The van der Waals surface area contributed by atoms with Gasteiger partial charge in [0.15, 0.2) is 11.9 Å². The van der Waals surface area contributed by atoms with Gasteiger partial charge in [0.25, 0.3) is 0 Å². The second-order valence-electron chi connectivity index (χ2n) is 7.77. The highest BCUT2D eigenvalue weighted by Gasteiger charge is 2.44. The van der Waals surface area contributed by atoms with E-state index in [4.69, 9.17) is 9.47 Å². The summed E-state index contributed by atoms with van der Waals surface area (Å²) in [6, 6.07) is 3.49. The summed E-state index contributed by atoms with van der Waals surface area (Å²) in [6.07, 6.45) is -0.113. The number of hydrogen-bond acceptors (Lipinski definition) is 6. The Morgan fingerprint density at radius 3 is 2.56 bits per heavy atom. The van der Waals surface area contributed by atoms with E-state index in [1.54, 1.807) is 26.8 Å². The second kappa shape index (κ2) is 8.40. The Morgan fingerprint density at radius 2 is 2.00 bits per heavy atom. The zero-order valence-electron chi connectivity index (χ0n) is 16.7. The summed E-state index contributed by atoms with van der Waals surface area (Å²) in [6.45, 7) is 8.92. The van der Waals surface area contributed by atoms with Gasteiger partial charge in [0, 0.05) is 25.5 Å². The lowest BCUT2D eigenvalue weighted by atomic mass is 9.77. The highest BCUT2D eigenvalue weighted by molar-refractivity contribution is 5.86. The lowest BCUT2D eigenvalue weighted by molar-refractivity contribution is -0.152. The average Bonchev–Trinajstić information content (AvgIpc) is 2.92. The number of phenolic OH excluding ortho intramolecular Hbond substituents is 1. The molecule has 0 amide bonds. The summed E-state index contributed by atoms with van der Waals surface area (Å²) in [5, 5.41) is 21.1. The summed E-state index contributed by atoms with van der Waals surface area (Å²) in [5.74, 6) is -1.06. The van der Waals surface area contributed by atoms with E-state index < -0.39 is 17.7 Å². The molecule has 0 unspecified atom stereocenters. The molecule has 0 saturated heterocycles. The quantitative estimate of drug-likeness (QED) is 0.676. The third kappa shape index (κ3) is 4.87. The Hall–Kier alpha value is -1.92. The Balaban J connectivity index is 2.42. The first kappa shape index (κ1) is 21.4. The third-order valence-electron chi connectivity index (χ3n) is 5.29. The molecule has 27 heavy (non-hydrogen) atoms. The van der Waals surface area contributed by atoms with E-state index in [1.807, 2.05) is 13.0 Å². The van der Waals surface area contributed by atoms with Crippen LogP contribution in [0.3, 0.4) is 0 Å². The van der Waals surface area contributed by atoms with E-state index in [-0.39, 0.29) is 36.4 Å². The molecular formula is C21H30O6. The van der Waals surface area contributed by atoms with Crippen LogP contribution < -0.4 is 0 Å². The molecule has 1 aliphatic carbocycles. The van der Waals surface area contributed by atoms with E-state index in [9.17, 15) is 19.8 Å². The fourth-order valence-corrected chi connectivity index (χ4v) is 3.96. The molecule has 0 fully saturated rings. The Kier molecular flexibility index (Phi) is 6.65. The molecule has 1 aliphatic rings. The molecule has 0 spiro atoms. The van der Waals surface area contributed by atoms with Gasteiger partial charge in [-0.3, -0.25) is 9.59 Å². The van der Waals surface area contributed by atoms with Crippen molar-refractivity contribution in [3.8, 4) is 5.75 Å². The topological polar surface area (TPSA) is 93.1 Å². The van der Waals surface area contributed by atoms with E-state index >= 15 is 0 Å². The maximum absolute atomic E-state index is 12.7. The third-order valence-corrected chi connectivity index (χ3v) is 5.29. The molecule has 150 valence electrons. The zero-order chi connectivity index (χ0) is 20.4. The minimum atomic E-state index is -1.01. The number of ketones is 1. The van der Waals surface area contributed by atoms with Crippen LogP contribution in [0.15, 0.2) is 12.1 Å². The standard InChI is InChI=1S/C21H30O6/c1-6-26-11-16-18(23)8-7-14-9-17(21(4,5)25)15(20(14)16)10-19(24)12(2)27-13(3)22/h7-8,12,15,17,23,25H,6,9-11H2,1-5H3/t12-,15-,17-/m1/s1. The van der Waals surface area contributed by atoms with E-state index in [0.717, 1.165) is 11.1 Å². The lowest BCUT2D eigenvalue weighted by Gasteiger charge is -2.32. The molecule has 0 saturated carbocycles. The predicted molar refractivity (Wildman–Crippen MR) is 101 cm³/mol. The lowest BCUT2D eigenvalue weighted by Crippen LogP contribution is -2.36. The van der Waals surface area contributed by atoms with Crippen molar-refractivity contribution in [3.05, 3.63) is 28.8 Å². The van der Waals surface area contributed by atoms with Crippen LogP contribution in [0.2, 0.25) is 0 Å². The van der Waals surface area contributed by atoms with Crippen LogP contribution >= 0.6 is 0 Å². The molecule has 2 N–H and O–H groups in total. The molecule has 0 bridgehead atoms. The van der Waals surface area contributed by atoms with E-state index in [1.165, 1.54) is 6.92 Å². The van der Waals surface area contributed by atoms with Crippen molar-refractivity contribution in [2.24, 2.45) is 5.92 Å². The fourth-order valence-electron chi connectivity index (χ4n) is 3.96. The summed E-state index contributed by atoms with van der Waals surface area (Å²) in [7, 11) is 0. The van der Waals surface area contributed by atoms with Crippen LogP contribution in [0.25, 0.3) is 0 Å². The number of Topliss-reactive ketones (excluding diaryl/α,β-unsaturated/α-hetero) is 1. The van der Waals surface area contributed by atoms with Crippen LogP contribution in [0.1, 0.15) is 63.6 Å². The molecule has 3 atom stereocenters. The van der Waals surface area contributed by atoms with Gasteiger partial charge in [-0.1, -0.05) is 6.07 Å². The minimum Gasteiger partial charge on any atom is -0.508 e. The van der Waals surface area contributed by atoms with Crippen molar-refractivity contribution in [1.29, 1.82) is 0 Å². The van der Waals surface area contributed by atoms with E-state index in [0.29, 0.717) is 18.6 Å². The van der Waals surface area contributed by atoms with Crippen molar-refractivity contribution < 1.29 is 29.3 Å². The average molecular weight is 378 g/mol. The molecule has 0 heterocycles. The number of carbonyl (C=O) groups is 2. The number of aliphatic hydroxyl groups is 1. The van der Waals surface area contributed by atoms with Crippen molar-refractivity contribution in [1.82, 2.24) is 0 Å². The normalized spacial score (nSPS) is 20.2. The number of esters is 1. The van der Waals surface area contributed by atoms with Gasteiger partial charge in [-0.05, 0) is 63.1 Å². The molecule has 1 aromatic carbocycles. The van der Waals surface area contributed by atoms with Gasteiger partial charge in [0.05, 0.1) is 12.2 Å². The molecular weight excluding hydrogens is 348 g/mol. The molecule has 6 nitrogen and oxygen atoms in total. The molecule has 6 heteroatoms. The highest BCUT2D eigenvalue weighted by Crippen LogP contribution is 2.48. The monoisotopic (exact) mass is 378 g/mol. The molecule has 0 aromatic heterocycles. The van der Waals surface area contributed by atoms with Crippen molar-refractivity contribution >= 4 is 11.8 Å². The van der Waals surface area contributed by atoms with Crippen molar-refractivity contribution in [2.45, 2.75) is 71.7 Å². The second-order valence-corrected chi connectivity index (χ2v) is 7.77. The largest absolute Gasteiger partial charge is 0.508 e. The first-order valence-electron chi connectivity index (χ1n) is 9.39. The van der Waals surface area contributed by atoms with Gasteiger partial charge in [0.2, 0.25) is 0 Å². The van der Waals surface area contributed by atoms with Gasteiger partial charge in [-0.2, -0.15) is 0 Å². The van der Waals surface area contributed by atoms with Crippen LogP contribution in [0.4, 0.5) is 0 Å². The maximum atomic E-state index is 12.7. The smallest absolute Gasteiger partial charge is 0.303 e. The van der Waals surface area contributed by atoms with E-state index in [2.05, 4.69) is 0 Å². The SMILES string of the molecule is CCOCc1c(O)ccc2c1[C@H](CC(=O)[C@@H](C)OC(C)=O)[C@H](C(C)(C)O)C2. The number of hydrogen-bond donors (Lipinski definition) is 2. The Morgan fingerprint density at radius 1 is 1.33 bits per heavy atom. The van der Waals surface area contributed by atoms with Gasteiger partial charge < -0.3 is 19.7 Å². The van der Waals surface area contributed by atoms with Crippen molar-refractivity contribution in [2.75, 3.05) is 6.61 Å². The van der Waals surface area contributed by atoms with Gasteiger partial charge in [0.1, 0.15) is 5.75 Å². The van der Waals surface area contributed by atoms with Crippen LogP contribution in [-0.2, 0) is 32.1 Å². The minimum absolute atomic E-state index is 0.124. The number of phenols is 1. The zero-order valence-corrected chi connectivity index (χ0v) is 16.7. The number of ether oxygens (including phenoxy) is 2. The first-order valence-corrected chi connectivity index (χ1v) is 9.39. The molecule has 1 aromatic rings. The summed E-state index contributed by atoms with van der Waals surface area (Å²) < 4.78 is 10.5. The van der Waals surface area contributed by atoms with Gasteiger partial charge in [-0.15, -0.1) is 0 Å². The number of aromatic hydroxyl groups is 1. The van der Waals surface area contributed by atoms with Crippen LogP contribution in [0.5, 0.6) is 5.75 Å². The highest BCUT2D eigenvalue weighted by atomic mass is 16.5. The fraction of sp³-hybridized carbons (Fsp3) is 0.619. The molecule has 0 aliphatic heterocycles. The molecule has 0 radical (unpaired) electrons. The summed E-state index contributed by atoms with van der Waals surface area (Å²) >= 11 is 0. The number of fused-ring (bicyclic) bond motifs is 1. The number of carbonyl (C=O) groups excluding carboxylic acids is 2. The predicted octanol–water partition coefficient (Wildman–Crippen LogP) is 2.87. The summed E-state index contributed by atoms with van der Waals surface area (Å²) in [4.78, 5) is 23.8. The number of benzene rings is 1. The Labute approximate surface area is 160 Å². The van der Waals surface area contributed by atoms with Crippen LogP contribution in [0, 0.1) is 5.92 Å². The van der Waals surface area contributed by atoms with Crippen LogP contribution in [-0.4, -0.2) is 40.3 Å². The molecule has 2 rings (SSSR count). The van der Waals surface area contributed by atoms with Gasteiger partial charge in [-0.25, -0.2) is 0 Å². The first-order chi connectivity index (χ1) is 12.6. The Bertz CT molecular complexity index is 703.